The Balaban J connectivity index is 2.55. The number of alkyl halides is 1. The maximum absolute atomic E-state index is 5.95. The van der Waals surface area contributed by atoms with E-state index in [0.717, 1.165) is 17.0 Å². The van der Waals surface area contributed by atoms with E-state index >= 15 is 0 Å². The van der Waals surface area contributed by atoms with E-state index in [1.165, 1.54) is 0 Å². The fourth-order valence-electron chi connectivity index (χ4n) is 1.51. The third-order valence-electron chi connectivity index (χ3n) is 2.16. The average Bonchev–Trinajstić information content (AvgIpc) is 2.26. The molecule has 1 aromatic carbocycles. The Labute approximate surface area is 115 Å². The van der Waals surface area contributed by atoms with E-state index in [1.54, 1.807) is 18.2 Å². The molecule has 5 heteroatoms. The van der Waals surface area contributed by atoms with Crippen molar-refractivity contribution in [1.29, 1.82) is 0 Å². The second-order valence-corrected chi connectivity index (χ2v) is 4.76. The van der Waals surface area contributed by atoms with Crippen molar-refractivity contribution in [3.8, 4) is 11.4 Å². The highest BCUT2D eigenvalue weighted by Gasteiger charge is 2.06. The molecule has 17 heavy (non-hydrogen) atoms. The molecule has 1 heterocycles. The van der Waals surface area contributed by atoms with Gasteiger partial charge in [-0.15, -0.1) is 11.6 Å². The van der Waals surface area contributed by atoms with Crippen LogP contribution in [0.2, 0.25) is 10.0 Å². The molecule has 1 aromatic heterocycles. The van der Waals surface area contributed by atoms with E-state index in [1.807, 2.05) is 13.0 Å². The Morgan fingerprint density at radius 1 is 1.00 bits per heavy atom. The number of aryl methyl sites for hydroxylation is 1. The van der Waals surface area contributed by atoms with Gasteiger partial charge in [0.25, 0.3) is 0 Å². The van der Waals surface area contributed by atoms with Crippen molar-refractivity contribution in [1.82, 2.24) is 9.97 Å². The van der Waals surface area contributed by atoms with Gasteiger partial charge < -0.3 is 0 Å². The molecule has 2 aromatic rings. The first-order valence-corrected chi connectivity index (χ1v) is 6.24. The quantitative estimate of drug-likeness (QED) is 0.760. The lowest BCUT2D eigenvalue weighted by Gasteiger charge is -2.05. The SMILES string of the molecule is Cc1cc(CCl)nc(-c2cc(Cl)cc(Cl)c2)n1. The summed E-state index contributed by atoms with van der Waals surface area (Å²) < 4.78 is 0. The summed E-state index contributed by atoms with van der Waals surface area (Å²) in [6.45, 7) is 1.90. The van der Waals surface area contributed by atoms with Crippen LogP contribution in [0.4, 0.5) is 0 Å². The van der Waals surface area contributed by atoms with Crippen LogP contribution in [0, 0.1) is 6.92 Å². The normalized spacial score (nSPS) is 10.6. The number of aromatic nitrogens is 2. The molecular weight excluding hydrogens is 279 g/mol. The minimum absolute atomic E-state index is 0.352. The highest BCUT2D eigenvalue weighted by Crippen LogP contribution is 2.25. The van der Waals surface area contributed by atoms with Crippen LogP contribution in [0.1, 0.15) is 11.4 Å². The predicted octanol–water partition coefficient (Wildman–Crippen LogP) is 4.50. The smallest absolute Gasteiger partial charge is 0.159 e. The molecule has 2 rings (SSSR count). The second-order valence-electron chi connectivity index (χ2n) is 3.62. The zero-order valence-corrected chi connectivity index (χ0v) is 11.3. The molecular formula is C12H9Cl3N2. The van der Waals surface area contributed by atoms with Gasteiger partial charge in [-0.05, 0) is 31.2 Å². The van der Waals surface area contributed by atoms with Crippen LogP contribution in [-0.4, -0.2) is 9.97 Å². The standard InChI is InChI=1S/C12H9Cl3N2/c1-7-2-11(6-13)17-12(16-7)8-3-9(14)5-10(15)4-8/h2-5H,6H2,1H3. The predicted molar refractivity (Wildman–Crippen MR) is 71.8 cm³/mol. The zero-order valence-electron chi connectivity index (χ0n) is 9.04. The molecule has 0 atom stereocenters. The van der Waals surface area contributed by atoms with Crippen LogP contribution in [0.25, 0.3) is 11.4 Å². The van der Waals surface area contributed by atoms with Crippen molar-refractivity contribution >= 4 is 34.8 Å². The van der Waals surface area contributed by atoms with Crippen molar-refractivity contribution in [2.45, 2.75) is 12.8 Å². The summed E-state index contributed by atoms with van der Waals surface area (Å²) in [4.78, 5) is 8.69. The first-order chi connectivity index (χ1) is 8.08. The van der Waals surface area contributed by atoms with Gasteiger partial charge in [-0.25, -0.2) is 9.97 Å². The topological polar surface area (TPSA) is 25.8 Å². The Bertz CT molecular complexity index is 535. The third kappa shape index (κ3) is 3.09. The molecule has 0 N–H and O–H groups in total. The van der Waals surface area contributed by atoms with E-state index in [4.69, 9.17) is 34.8 Å². The molecule has 0 fully saturated rings. The van der Waals surface area contributed by atoms with Gasteiger partial charge in [-0.1, -0.05) is 23.2 Å². The number of hydrogen-bond acceptors (Lipinski definition) is 2. The van der Waals surface area contributed by atoms with Gasteiger partial charge in [0.15, 0.2) is 5.82 Å². The maximum Gasteiger partial charge on any atom is 0.159 e. The maximum atomic E-state index is 5.95. The van der Waals surface area contributed by atoms with Gasteiger partial charge >= 0.3 is 0 Å². The Hall–Kier alpha value is -0.830. The van der Waals surface area contributed by atoms with Gasteiger partial charge in [0.05, 0.1) is 11.6 Å². The van der Waals surface area contributed by atoms with Gasteiger partial charge in [-0.3, -0.25) is 0 Å². The summed E-state index contributed by atoms with van der Waals surface area (Å²) in [5.74, 6) is 0.940. The lowest BCUT2D eigenvalue weighted by molar-refractivity contribution is 1.05. The molecule has 0 saturated carbocycles. The largest absolute Gasteiger partial charge is 0.233 e. The van der Waals surface area contributed by atoms with Crippen LogP contribution >= 0.6 is 34.8 Å². The fourth-order valence-corrected chi connectivity index (χ4v) is 2.18. The van der Waals surface area contributed by atoms with Crippen LogP contribution in [0.15, 0.2) is 24.3 Å². The minimum Gasteiger partial charge on any atom is -0.233 e. The molecule has 0 aliphatic rings. The Morgan fingerprint density at radius 2 is 1.65 bits per heavy atom. The number of benzene rings is 1. The van der Waals surface area contributed by atoms with Crippen molar-refractivity contribution in [3.05, 3.63) is 45.7 Å². The molecule has 0 spiro atoms. The molecule has 0 radical (unpaired) electrons. The average molecular weight is 288 g/mol. The Morgan fingerprint density at radius 3 is 2.24 bits per heavy atom. The monoisotopic (exact) mass is 286 g/mol. The zero-order chi connectivity index (χ0) is 12.4. The van der Waals surface area contributed by atoms with E-state index < -0.39 is 0 Å². The second kappa shape index (κ2) is 5.21. The van der Waals surface area contributed by atoms with Crippen LogP contribution in [0.5, 0.6) is 0 Å². The molecule has 0 bridgehead atoms. The van der Waals surface area contributed by atoms with E-state index in [2.05, 4.69) is 9.97 Å². The van der Waals surface area contributed by atoms with Crippen LogP contribution in [0.3, 0.4) is 0 Å². The molecule has 88 valence electrons. The lowest BCUT2D eigenvalue weighted by Crippen LogP contribution is -1.96. The molecule has 0 aliphatic carbocycles. The van der Waals surface area contributed by atoms with E-state index in [-0.39, 0.29) is 0 Å². The Kier molecular flexibility index (Phi) is 3.87. The number of halogens is 3. The number of rotatable bonds is 2. The summed E-state index contributed by atoms with van der Waals surface area (Å²) in [6.07, 6.45) is 0. The number of nitrogens with zero attached hydrogens (tertiary/aromatic N) is 2. The summed E-state index contributed by atoms with van der Waals surface area (Å²) in [7, 11) is 0. The first kappa shape index (κ1) is 12.6. The van der Waals surface area contributed by atoms with Crippen molar-refractivity contribution in [2.24, 2.45) is 0 Å². The molecule has 0 saturated heterocycles. The van der Waals surface area contributed by atoms with Gasteiger partial charge in [0, 0.05) is 21.3 Å². The fraction of sp³-hybridized carbons (Fsp3) is 0.167. The number of hydrogen-bond donors (Lipinski definition) is 0. The summed E-state index contributed by atoms with van der Waals surface area (Å²) >= 11 is 17.7. The lowest BCUT2D eigenvalue weighted by atomic mass is 10.2. The van der Waals surface area contributed by atoms with Crippen LogP contribution < -0.4 is 0 Å². The molecule has 0 amide bonds. The highest BCUT2D eigenvalue weighted by atomic mass is 35.5. The molecule has 0 unspecified atom stereocenters. The van der Waals surface area contributed by atoms with Gasteiger partial charge in [0.2, 0.25) is 0 Å². The van der Waals surface area contributed by atoms with Gasteiger partial charge in [-0.2, -0.15) is 0 Å². The molecule has 2 nitrogen and oxygen atoms in total. The van der Waals surface area contributed by atoms with E-state index in [0.29, 0.717) is 21.7 Å². The molecule has 0 aliphatic heterocycles. The van der Waals surface area contributed by atoms with Crippen molar-refractivity contribution in [3.63, 3.8) is 0 Å². The van der Waals surface area contributed by atoms with Crippen LogP contribution in [-0.2, 0) is 5.88 Å². The summed E-state index contributed by atoms with van der Waals surface area (Å²) in [6, 6.07) is 7.08. The summed E-state index contributed by atoms with van der Waals surface area (Å²) in [5.41, 5.74) is 2.43. The third-order valence-corrected chi connectivity index (χ3v) is 2.88. The van der Waals surface area contributed by atoms with Gasteiger partial charge in [0.1, 0.15) is 0 Å². The highest BCUT2D eigenvalue weighted by molar-refractivity contribution is 6.35. The van der Waals surface area contributed by atoms with Crippen molar-refractivity contribution < 1.29 is 0 Å². The van der Waals surface area contributed by atoms with Crippen molar-refractivity contribution in [2.75, 3.05) is 0 Å². The minimum atomic E-state index is 0.352. The first-order valence-electron chi connectivity index (χ1n) is 4.95. The summed E-state index contributed by atoms with van der Waals surface area (Å²) in [5, 5.41) is 1.12. The van der Waals surface area contributed by atoms with E-state index in [9.17, 15) is 0 Å².